The van der Waals surface area contributed by atoms with E-state index in [9.17, 15) is 13.2 Å². The first kappa shape index (κ1) is 13.3. The molecule has 0 spiro atoms. The van der Waals surface area contributed by atoms with Crippen LogP contribution in [0, 0.1) is 5.92 Å². The average Bonchev–Trinajstić information content (AvgIpc) is 2.18. The van der Waals surface area contributed by atoms with Crippen molar-refractivity contribution in [3.8, 4) is 0 Å². The zero-order valence-electron chi connectivity index (χ0n) is 8.60. The van der Waals surface area contributed by atoms with E-state index in [1.54, 1.807) is 24.3 Å². The number of nitrogens with two attached hydrogens (primary N) is 1. The SMILES string of the molecule is NCC(Cc1ccc(Cl)cc1)CC(F)(F)F. The second kappa shape index (κ2) is 5.55. The predicted molar refractivity (Wildman–Crippen MR) is 58.4 cm³/mol. The van der Waals surface area contributed by atoms with Gasteiger partial charge in [-0.25, -0.2) is 0 Å². The van der Waals surface area contributed by atoms with Crippen LogP contribution in [0.1, 0.15) is 12.0 Å². The predicted octanol–water partition coefficient (Wildman–Crippen LogP) is 3.41. The summed E-state index contributed by atoms with van der Waals surface area (Å²) in [5.41, 5.74) is 6.15. The fourth-order valence-corrected chi connectivity index (χ4v) is 1.65. The van der Waals surface area contributed by atoms with Gasteiger partial charge in [-0.1, -0.05) is 23.7 Å². The van der Waals surface area contributed by atoms with E-state index < -0.39 is 18.5 Å². The van der Waals surface area contributed by atoms with E-state index in [1.807, 2.05) is 0 Å². The third-order valence-electron chi connectivity index (χ3n) is 2.29. The molecule has 0 aromatic heterocycles. The Balaban J connectivity index is 2.60. The van der Waals surface area contributed by atoms with Gasteiger partial charge in [0.2, 0.25) is 0 Å². The molecule has 1 unspecified atom stereocenters. The molecule has 0 heterocycles. The minimum atomic E-state index is -4.16. The molecule has 0 saturated heterocycles. The van der Waals surface area contributed by atoms with Crippen molar-refractivity contribution in [3.05, 3.63) is 34.9 Å². The number of hydrogen-bond acceptors (Lipinski definition) is 1. The summed E-state index contributed by atoms with van der Waals surface area (Å²) in [4.78, 5) is 0. The van der Waals surface area contributed by atoms with Gasteiger partial charge in [0.1, 0.15) is 0 Å². The van der Waals surface area contributed by atoms with Crippen molar-refractivity contribution < 1.29 is 13.2 Å². The van der Waals surface area contributed by atoms with Gasteiger partial charge in [0.25, 0.3) is 0 Å². The normalized spacial score (nSPS) is 13.8. The number of hydrogen-bond donors (Lipinski definition) is 1. The van der Waals surface area contributed by atoms with E-state index in [0.29, 0.717) is 11.4 Å². The molecule has 90 valence electrons. The van der Waals surface area contributed by atoms with Crippen molar-refractivity contribution in [3.63, 3.8) is 0 Å². The number of rotatable bonds is 4. The van der Waals surface area contributed by atoms with Crippen LogP contribution < -0.4 is 5.73 Å². The number of alkyl halides is 3. The van der Waals surface area contributed by atoms with Crippen molar-refractivity contribution in [1.29, 1.82) is 0 Å². The Hall–Kier alpha value is -0.740. The molecular weight excluding hydrogens is 239 g/mol. The quantitative estimate of drug-likeness (QED) is 0.872. The maximum Gasteiger partial charge on any atom is 0.389 e. The van der Waals surface area contributed by atoms with Crippen molar-refractivity contribution in [2.45, 2.75) is 19.0 Å². The lowest BCUT2D eigenvalue weighted by Gasteiger charge is -2.16. The summed E-state index contributed by atoms with van der Waals surface area (Å²) in [6.45, 7) is 0.0299. The third kappa shape index (κ3) is 4.86. The monoisotopic (exact) mass is 251 g/mol. The summed E-state index contributed by atoms with van der Waals surface area (Å²) < 4.78 is 36.5. The fourth-order valence-electron chi connectivity index (χ4n) is 1.52. The van der Waals surface area contributed by atoms with Crippen molar-refractivity contribution in [2.75, 3.05) is 6.54 Å². The highest BCUT2D eigenvalue weighted by Crippen LogP contribution is 2.26. The molecule has 1 nitrogen and oxygen atoms in total. The molecule has 1 rings (SSSR count). The fraction of sp³-hybridized carbons (Fsp3) is 0.455. The first-order valence-corrected chi connectivity index (χ1v) is 5.30. The van der Waals surface area contributed by atoms with E-state index in [2.05, 4.69) is 0 Å². The highest BCUT2D eigenvalue weighted by Gasteiger charge is 2.31. The largest absolute Gasteiger partial charge is 0.389 e. The first-order valence-electron chi connectivity index (χ1n) is 4.92. The lowest BCUT2D eigenvalue weighted by Crippen LogP contribution is -2.24. The van der Waals surface area contributed by atoms with Crippen LogP contribution in [0.25, 0.3) is 0 Å². The van der Waals surface area contributed by atoms with Gasteiger partial charge in [-0.15, -0.1) is 0 Å². The summed E-state index contributed by atoms with van der Waals surface area (Å²) in [6, 6.07) is 6.78. The van der Waals surface area contributed by atoms with E-state index in [1.165, 1.54) is 0 Å². The summed E-state index contributed by atoms with van der Waals surface area (Å²) in [6.07, 6.45) is -4.67. The van der Waals surface area contributed by atoms with Gasteiger partial charge in [0, 0.05) is 11.4 Å². The zero-order valence-corrected chi connectivity index (χ0v) is 9.35. The van der Waals surface area contributed by atoms with E-state index >= 15 is 0 Å². The van der Waals surface area contributed by atoms with Crippen LogP contribution in [-0.4, -0.2) is 12.7 Å². The summed E-state index contributed by atoms with van der Waals surface area (Å²) in [7, 11) is 0. The van der Waals surface area contributed by atoms with Crippen LogP contribution in [0.4, 0.5) is 13.2 Å². The Morgan fingerprint density at radius 2 is 1.75 bits per heavy atom. The molecule has 0 radical (unpaired) electrons. The molecule has 0 amide bonds. The Morgan fingerprint density at radius 3 is 2.19 bits per heavy atom. The zero-order chi connectivity index (χ0) is 12.2. The molecular formula is C11H13ClF3N. The van der Waals surface area contributed by atoms with E-state index in [0.717, 1.165) is 5.56 Å². The van der Waals surface area contributed by atoms with Gasteiger partial charge < -0.3 is 5.73 Å². The summed E-state index contributed by atoms with van der Waals surface area (Å²) in [5, 5.41) is 0.573. The van der Waals surface area contributed by atoms with Gasteiger partial charge in [0.15, 0.2) is 0 Å². The maximum atomic E-state index is 12.2. The highest BCUT2D eigenvalue weighted by atomic mass is 35.5. The smallest absolute Gasteiger partial charge is 0.330 e. The van der Waals surface area contributed by atoms with Crippen molar-refractivity contribution in [1.82, 2.24) is 0 Å². The van der Waals surface area contributed by atoms with Crippen LogP contribution in [0.2, 0.25) is 5.02 Å². The lowest BCUT2D eigenvalue weighted by atomic mass is 9.96. The Morgan fingerprint density at radius 1 is 1.19 bits per heavy atom. The minimum Gasteiger partial charge on any atom is -0.330 e. The first-order chi connectivity index (χ1) is 7.40. The molecule has 1 aromatic rings. The molecule has 16 heavy (non-hydrogen) atoms. The van der Waals surface area contributed by atoms with Gasteiger partial charge in [-0.2, -0.15) is 13.2 Å². The van der Waals surface area contributed by atoms with Crippen molar-refractivity contribution >= 4 is 11.6 Å². The minimum absolute atomic E-state index is 0.0299. The molecule has 0 aliphatic heterocycles. The van der Waals surface area contributed by atoms with Gasteiger partial charge in [0.05, 0.1) is 0 Å². The summed E-state index contributed by atoms with van der Waals surface area (Å²) >= 11 is 5.68. The molecule has 5 heteroatoms. The van der Waals surface area contributed by atoms with E-state index in [-0.39, 0.29) is 6.54 Å². The Labute approximate surface area is 97.4 Å². The standard InChI is InChI=1S/C11H13ClF3N/c12-10-3-1-8(2-4-10)5-9(7-16)6-11(13,14)15/h1-4,9H,5-7,16H2. The average molecular weight is 252 g/mol. The maximum absolute atomic E-state index is 12.2. The van der Waals surface area contributed by atoms with Crippen LogP contribution >= 0.6 is 11.6 Å². The van der Waals surface area contributed by atoms with Gasteiger partial charge in [-0.05, 0) is 36.6 Å². The third-order valence-corrected chi connectivity index (χ3v) is 2.54. The summed E-state index contributed by atoms with van der Waals surface area (Å²) in [5.74, 6) is -0.568. The van der Waals surface area contributed by atoms with Gasteiger partial charge >= 0.3 is 6.18 Å². The molecule has 0 fully saturated rings. The molecule has 0 saturated carbocycles. The van der Waals surface area contributed by atoms with Gasteiger partial charge in [-0.3, -0.25) is 0 Å². The van der Waals surface area contributed by atoms with Crippen LogP contribution in [-0.2, 0) is 6.42 Å². The molecule has 2 N–H and O–H groups in total. The second-order valence-corrected chi connectivity index (χ2v) is 4.19. The van der Waals surface area contributed by atoms with E-state index in [4.69, 9.17) is 17.3 Å². The second-order valence-electron chi connectivity index (χ2n) is 3.75. The number of halogens is 4. The van der Waals surface area contributed by atoms with Crippen LogP contribution in [0.5, 0.6) is 0 Å². The highest BCUT2D eigenvalue weighted by molar-refractivity contribution is 6.30. The molecule has 0 bridgehead atoms. The van der Waals surface area contributed by atoms with Crippen LogP contribution in [0.15, 0.2) is 24.3 Å². The Bertz CT molecular complexity index is 321. The Kier molecular flexibility index (Phi) is 4.62. The van der Waals surface area contributed by atoms with Crippen molar-refractivity contribution in [2.24, 2.45) is 11.7 Å². The number of benzene rings is 1. The molecule has 0 aliphatic carbocycles. The molecule has 1 aromatic carbocycles. The lowest BCUT2D eigenvalue weighted by molar-refractivity contribution is -0.143. The molecule has 1 atom stereocenters. The molecule has 0 aliphatic rings. The van der Waals surface area contributed by atoms with Crippen LogP contribution in [0.3, 0.4) is 0 Å². The topological polar surface area (TPSA) is 26.0 Å².